The second-order valence-electron chi connectivity index (χ2n) is 6.17. The summed E-state index contributed by atoms with van der Waals surface area (Å²) < 4.78 is 1.15. The van der Waals surface area contributed by atoms with Crippen LogP contribution < -0.4 is 0 Å². The Hall–Kier alpha value is -0.830. The van der Waals surface area contributed by atoms with Gasteiger partial charge >= 0.3 is 0 Å². The maximum atomic E-state index is 11.8. The van der Waals surface area contributed by atoms with E-state index in [0.29, 0.717) is 17.7 Å². The summed E-state index contributed by atoms with van der Waals surface area (Å²) in [7, 11) is 0. The molecule has 1 aliphatic carbocycles. The zero-order chi connectivity index (χ0) is 14.2. The molecule has 3 rings (SSSR count). The first kappa shape index (κ1) is 14.1. The van der Waals surface area contributed by atoms with Gasteiger partial charge in [-0.1, -0.05) is 35.0 Å². The maximum absolute atomic E-state index is 11.8. The van der Waals surface area contributed by atoms with E-state index in [-0.39, 0.29) is 0 Å². The molecule has 0 atom stereocenters. The molecule has 0 spiro atoms. The van der Waals surface area contributed by atoms with Crippen molar-refractivity contribution in [2.24, 2.45) is 5.92 Å². The van der Waals surface area contributed by atoms with E-state index in [9.17, 15) is 4.79 Å². The highest BCUT2D eigenvalue weighted by Crippen LogP contribution is 2.56. The molecule has 1 saturated carbocycles. The normalized spacial score (nSPS) is 21.8. The molecule has 2 nitrogen and oxygen atoms in total. The van der Waals surface area contributed by atoms with Crippen molar-refractivity contribution >= 4 is 21.8 Å². The highest BCUT2D eigenvalue weighted by atomic mass is 79.9. The molecular weight excluding hydrogens is 314 g/mol. The Balaban J connectivity index is 1.68. The van der Waals surface area contributed by atoms with E-state index in [1.54, 1.807) is 0 Å². The third kappa shape index (κ3) is 2.52. The SMILES string of the molecule is CCC(=O)N1CCC(C2(c3ccc(Br)cc3)CC2)CC1. The molecule has 0 aromatic heterocycles. The van der Waals surface area contributed by atoms with Gasteiger partial charge in [0.25, 0.3) is 0 Å². The predicted molar refractivity (Wildman–Crippen MR) is 84.6 cm³/mol. The number of nitrogens with zero attached hydrogens (tertiary/aromatic N) is 1. The lowest BCUT2D eigenvalue weighted by Crippen LogP contribution is -2.41. The number of likely N-dealkylation sites (tertiary alicyclic amines) is 1. The summed E-state index contributed by atoms with van der Waals surface area (Å²) in [4.78, 5) is 13.8. The monoisotopic (exact) mass is 335 g/mol. The highest BCUT2D eigenvalue weighted by Gasteiger charge is 2.50. The van der Waals surface area contributed by atoms with Crippen LogP contribution in [0.1, 0.15) is 44.6 Å². The van der Waals surface area contributed by atoms with E-state index in [1.807, 2.05) is 11.8 Å². The summed E-state index contributed by atoms with van der Waals surface area (Å²) in [5.41, 5.74) is 1.92. The summed E-state index contributed by atoms with van der Waals surface area (Å²) in [6.07, 6.45) is 5.62. The van der Waals surface area contributed by atoms with E-state index in [1.165, 1.54) is 31.2 Å². The Kier molecular flexibility index (Phi) is 3.89. The molecule has 0 N–H and O–H groups in total. The number of piperidine rings is 1. The van der Waals surface area contributed by atoms with E-state index in [4.69, 9.17) is 0 Å². The van der Waals surface area contributed by atoms with Gasteiger partial charge in [0.15, 0.2) is 0 Å². The van der Waals surface area contributed by atoms with Crippen LogP contribution in [0.3, 0.4) is 0 Å². The van der Waals surface area contributed by atoms with Crippen LogP contribution in [-0.4, -0.2) is 23.9 Å². The Bertz CT molecular complexity index is 484. The van der Waals surface area contributed by atoms with Crippen molar-refractivity contribution < 1.29 is 4.79 Å². The van der Waals surface area contributed by atoms with Crippen molar-refractivity contribution in [2.75, 3.05) is 13.1 Å². The van der Waals surface area contributed by atoms with Crippen LogP contribution in [0.5, 0.6) is 0 Å². The Morgan fingerprint density at radius 2 is 1.85 bits per heavy atom. The van der Waals surface area contributed by atoms with Gasteiger partial charge in [-0.25, -0.2) is 0 Å². The van der Waals surface area contributed by atoms with Crippen molar-refractivity contribution in [3.63, 3.8) is 0 Å². The molecule has 1 heterocycles. The van der Waals surface area contributed by atoms with Crippen LogP contribution in [0.15, 0.2) is 28.7 Å². The minimum atomic E-state index is 0.317. The van der Waals surface area contributed by atoms with E-state index >= 15 is 0 Å². The Labute approximate surface area is 129 Å². The number of hydrogen-bond acceptors (Lipinski definition) is 1. The Morgan fingerprint density at radius 3 is 2.35 bits per heavy atom. The highest BCUT2D eigenvalue weighted by molar-refractivity contribution is 9.10. The van der Waals surface area contributed by atoms with Gasteiger partial charge in [0.1, 0.15) is 0 Å². The first-order chi connectivity index (χ1) is 9.65. The lowest BCUT2D eigenvalue weighted by Gasteiger charge is -2.36. The largest absolute Gasteiger partial charge is 0.343 e. The molecule has 0 radical (unpaired) electrons. The van der Waals surface area contributed by atoms with E-state index < -0.39 is 0 Å². The molecule has 1 aromatic rings. The molecule has 2 aliphatic rings. The smallest absolute Gasteiger partial charge is 0.222 e. The summed E-state index contributed by atoms with van der Waals surface area (Å²) in [6.45, 7) is 3.86. The molecular formula is C17H22BrNO. The summed E-state index contributed by atoms with van der Waals surface area (Å²) >= 11 is 3.52. The van der Waals surface area contributed by atoms with Crippen LogP contribution in [0.4, 0.5) is 0 Å². The molecule has 1 aromatic carbocycles. The van der Waals surface area contributed by atoms with Crippen molar-refractivity contribution in [3.05, 3.63) is 34.3 Å². The quantitative estimate of drug-likeness (QED) is 0.813. The molecule has 0 unspecified atom stereocenters. The third-order valence-electron chi connectivity index (χ3n) is 5.14. The summed E-state index contributed by atoms with van der Waals surface area (Å²) in [5, 5.41) is 0. The molecule has 20 heavy (non-hydrogen) atoms. The van der Waals surface area contributed by atoms with Gasteiger partial charge in [0.05, 0.1) is 0 Å². The van der Waals surface area contributed by atoms with Crippen LogP contribution in [0.25, 0.3) is 0 Å². The molecule has 2 fully saturated rings. The van der Waals surface area contributed by atoms with Gasteiger partial charge in [-0.15, -0.1) is 0 Å². The zero-order valence-corrected chi connectivity index (χ0v) is 13.7. The van der Waals surface area contributed by atoms with Gasteiger partial charge in [0.2, 0.25) is 5.91 Å². The fraction of sp³-hybridized carbons (Fsp3) is 0.588. The van der Waals surface area contributed by atoms with Crippen LogP contribution >= 0.6 is 15.9 Å². The topological polar surface area (TPSA) is 20.3 Å². The third-order valence-corrected chi connectivity index (χ3v) is 5.67. The number of rotatable bonds is 3. The standard InChI is InChI=1S/C17H22BrNO/c1-2-16(20)19-11-7-14(8-12-19)17(9-10-17)13-3-5-15(18)6-4-13/h3-6,14H,2,7-12H2,1H3. The van der Waals surface area contributed by atoms with Crippen LogP contribution in [0, 0.1) is 5.92 Å². The molecule has 3 heteroatoms. The lowest BCUT2D eigenvalue weighted by molar-refractivity contribution is -0.132. The number of benzene rings is 1. The van der Waals surface area contributed by atoms with Gasteiger partial charge in [0, 0.05) is 24.0 Å². The second kappa shape index (κ2) is 5.51. The van der Waals surface area contributed by atoms with E-state index in [2.05, 4.69) is 40.2 Å². The van der Waals surface area contributed by atoms with Crippen LogP contribution in [-0.2, 0) is 10.2 Å². The number of amides is 1. The number of carbonyl (C=O) groups is 1. The zero-order valence-electron chi connectivity index (χ0n) is 12.1. The van der Waals surface area contributed by atoms with Crippen molar-refractivity contribution in [1.29, 1.82) is 0 Å². The number of halogens is 1. The maximum Gasteiger partial charge on any atom is 0.222 e. The predicted octanol–water partition coefficient (Wildman–Crippen LogP) is 4.13. The molecule has 0 bridgehead atoms. The average molecular weight is 336 g/mol. The van der Waals surface area contributed by atoms with E-state index in [0.717, 1.165) is 23.5 Å². The minimum absolute atomic E-state index is 0.317. The van der Waals surface area contributed by atoms with Crippen LogP contribution in [0.2, 0.25) is 0 Å². The second-order valence-corrected chi connectivity index (χ2v) is 7.09. The fourth-order valence-electron chi connectivity index (χ4n) is 3.75. The first-order valence-electron chi connectivity index (χ1n) is 7.69. The number of carbonyl (C=O) groups excluding carboxylic acids is 1. The minimum Gasteiger partial charge on any atom is -0.343 e. The van der Waals surface area contributed by atoms with Gasteiger partial charge < -0.3 is 4.90 Å². The molecule has 1 aliphatic heterocycles. The summed E-state index contributed by atoms with van der Waals surface area (Å²) in [6, 6.07) is 8.87. The Morgan fingerprint density at radius 1 is 1.25 bits per heavy atom. The molecule has 108 valence electrons. The lowest BCUT2D eigenvalue weighted by atomic mass is 9.77. The van der Waals surface area contributed by atoms with Crippen molar-refractivity contribution in [1.82, 2.24) is 4.90 Å². The molecule has 1 amide bonds. The van der Waals surface area contributed by atoms with Gasteiger partial charge in [-0.3, -0.25) is 4.79 Å². The van der Waals surface area contributed by atoms with Gasteiger partial charge in [-0.05, 0) is 54.7 Å². The summed E-state index contributed by atoms with van der Waals surface area (Å²) in [5.74, 6) is 1.07. The van der Waals surface area contributed by atoms with Gasteiger partial charge in [-0.2, -0.15) is 0 Å². The molecule has 1 saturated heterocycles. The van der Waals surface area contributed by atoms with Crippen molar-refractivity contribution in [2.45, 2.75) is 44.4 Å². The van der Waals surface area contributed by atoms with Crippen molar-refractivity contribution in [3.8, 4) is 0 Å². The average Bonchev–Trinajstić information content (AvgIpc) is 3.29. The fourth-order valence-corrected chi connectivity index (χ4v) is 4.02. The first-order valence-corrected chi connectivity index (χ1v) is 8.49. The number of hydrogen-bond donors (Lipinski definition) is 0.